The van der Waals surface area contributed by atoms with Crippen LogP contribution in [0.2, 0.25) is 5.15 Å². The van der Waals surface area contributed by atoms with Crippen molar-refractivity contribution in [1.29, 1.82) is 0 Å². The zero-order chi connectivity index (χ0) is 11.4. The van der Waals surface area contributed by atoms with Crippen molar-refractivity contribution < 1.29 is 4.74 Å². The minimum atomic E-state index is 0.312. The third-order valence-corrected chi connectivity index (χ3v) is 2.93. The Hall–Kier alpha value is -0.870. The molecule has 1 atom stereocenters. The summed E-state index contributed by atoms with van der Waals surface area (Å²) in [4.78, 5) is 10.3. The second-order valence-electron chi connectivity index (χ2n) is 3.86. The Morgan fingerprint density at radius 2 is 2.44 bits per heavy atom. The van der Waals surface area contributed by atoms with Crippen LogP contribution in [0.15, 0.2) is 12.4 Å². The summed E-state index contributed by atoms with van der Waals surface area (Å²) in [5.74, 6) is 0.893. The molecule has 0 N–H and O–H groups in total. The topological polar surface area (TPSA) is 38.2 Å². The summed E-state index contributed by atoms with van der Waals surface area (Å²) in [6, 6.07) is 1.80. The predicted molar refractivity (Wildman–Crippen MR) is 63.9 cm³/mol. The molecule has 5 heteroatoms. The normalized spacial score (nSPS) is 21.1. The monoisotopic (exact) mass is 241 g/mol. The first-order valence-electron chi connectivity index (χ1n) is 5.63. The van der Waals surface area contributed by atoms with Gasteiger partial charge in [-0.2, -0.15) is 0 Å². The van der Waals surface area contributed by atoms with Crippen LogP contribution in [0.5, 0.6) is 0 Å². The summed E-state index contributed by atoms with van der Waals surface area (Å²) in [5, 5.41) is 0.489. The van der Waals surface area contributed by atoms with Crippen molar-refractivity contribution in [1.82, 2.24) is 9.97 Å². The summed E-state index contributed by atoms with van der Waals surface area (Å²) < 4.78 is 5.65. The van der Waals surface area contributed by atoms with Gasteiger partial charge in [-0.15, -0.1) is 0 Å². The van der Waals surface area contributed by atoms with E-state index in [0.717, 1.165) is 38.4 Å². The van der Waals surface area contributed by atoms with Crippen molar-refractivity contribution in [2.45, 2.75) is 25.9 Å². The fourth-order valence-electron chi connectivity index (χ4n) is 2.02. The van der Waals surface area contributed by atoms with Crippen LogP contribution in [-0.4, -0.2) is 35.8 Å². The van der Waals surface area contributed by atoms with E-state index in [1.165, 1.54) is 6.33 Å². The Bertz CT molecular complexity index is 346. The maximum Gasteiger partial charge on any atom is 0.134 e. The van der Waals surface area contributed by atoms with Crippen molar-refractivity contribution in [3.63, 3.8) is 0 Å². The van der Waals surface area contributed by atoms with Gasteiger partial charge in [0.25, 0.3) is 0 Å². The van der Waals surface area contributed by atoms with Gasteiger partial charge >= 0.3 is 0 Å². The van der Waals surface area contributed by atoms with Crippen LogP contribution in [0.4, 0.5) is 5.82 Å². The third kappa shape index (κ3) is 2.83. The number of halogens is 1. The highest BCUT2D eigenvalue weighted by Gasteiger charge is 2.21. The molecule has 1 aromatic heterocycles. The minimum Gasteiger partial charge on any atom is -0.377 e. The maximum atomic E-state index is 5.85. The van der Waals surface area contributed by atoms with Gasteiger partial charge in [-0.05, 0) is 19.8 Å². The van der Waals surface area contributed by atoms with E-state index in [-0.39, 0.29) is 0 Å². The minimum absolute atomic E-state index is 0.312. The number of rotatable bonds is 3. The first kappa shape index (κ1) is 11.6. The number of nitrogens with zero attached hydrogens (tertiary/aromatic N) is 3. The highest BCUT2D eigenvalue weighted by atomic mass is 35.5. The number of anilines is 1. The molecule has 0 radical (unpaired) electrons. The predicted octanol–water partition coefficient (Wildman–Crippen LogP) is 2.14. The Morgan fingerprint density at radius 3 is 3.19 bits per heavy atom. The Balaban J connectivity index is 2.03. The molecular weight excluding hydrogens is 226 g/mol. The standard InChI is InChI=1S/C11H16ClN3O/c1-2-16-9-4-3-5-15(7-9)11-6-10(12)13-8-14-11/h6,8-9H,2-5,7H2,1H3. The molecule has 0 saturated carbocycles. The Kier molecular flexibility index (Phi) is 3.96. The van der Waals surface area contributed by atoms with Crippen molar-refractivity contribution in [3.8, 4) is 0 Å². The van der Waals surface area contributed by atoms with Crippen molar-refractivity contribution in [3.05, 3.63) is 17.5 Å². The van der Waals surface area contributed by atoms with E-state index in [1.807, 2.05) is 6.92 Å². The van der Waals surface area contributed by atoms with Crippen LogP contribution in [0, 0.1) is 0 Å². The summed E-state index contributed by atoms with van der Waals surface area (Å²) in [6.07, 6.45) is 4.07. The Morgan fingerprint density at radius 1 is 1.56 bits per heavy atom. The van der Waals surface area contributed by atoms with E-state index in [2.05, 4.69) is 14.9 Å². The van der Waals surface area contributed by atoms with Gasteiger partial charge in [0, 0.05) is 25.8 Å². The van der Waals surface area contributed by atoms with Gasteiger partial charge < -0.3 is 9.64 Å². The number of ether oxygens (including phenoxy) is 1. The average Bonchev–Trinajstić information content (AvgIpc) is 2.30. The second-order valence-corrected chi connectivity index (χ2v) is 4.25. The molecule has 1 unspecified atom stereocenters. The van der Waals surface area contributed by atoms with Gasteiger partial charge in [0.1, 0.15) is 17.3 Å². The summed E-state index contributed by atoms with van der Waals surface area (Å²) in [5.41, 5.74) is 0. The highest BCUT2D eigenvalue weighted by molar-refractivity contribution is 6.29. The van der Waals surface area contributed by atoms with Gasteiger partial charge in [-0.25, -0.2) is 9.97 Å². The van der Waals surface area contributed by atoms with E-state index in [1.54, 1.807) is 6.07 Å². The molecule has 0 bridgehead atoms. The Labute approximate surface area is 101 Å². The molecule has 1 fully saturated rings. The fraction of sp³-hybridized carbons (Fsp3) is 0.636. The zero-order valence-electron chi connectivity index (χ0n) is 9.40. The molecule has 88 valence electrons. The van der Waals surface area contributed by atoms with Crippen molar-refractivity contribution >= 4 is 17.4 Å². The van der Waals surface area contributed by atoms with Gasteiger partial charge in [0.15, 0.2) is 0 Å². The summed E-state index contributed by atoms with van der Waals surface area (Å²) in [6.45, 7) is 4.70. The zero-order valence-corrected chi connectivity index (χ0v) is 10.2. The molecule has 1 aromatic rings. The maximum absolute atomic E-state index is 5.85. The van der Waals surface area contributed by atoms with E-state index in [0.29, 0.717) is 11.3 Å². The highest BCUT2D eigenvalue weighted by Crippen LogP contribution is 2.20. The number of hydrogen-bond acceptors (Lipinski definition) is 4. The van der Waals surface area contributed by atoms with Gasteiger partial charge in [-0.3, -0.25) is 0 Å². The van der Waals surface area contributed by atoms with E-state index in [4.69, 9.17) is 16.3 Å². The summed E-state index contributed by atoms with van der Waals surface area (Å²) in [7, 11) is 0. The quantitative estimate of drug-likeness (QED) is 0.760. The average molecular weight is 242 g/mol. The second kappa shape index (κ2) is 5.46. The van der Waals surface area contributed by atoms with Crippen molar-refractivity contribution in [2.75, 3.05) is 24.6 Å². The lowest BCUT2D eigenvalue weighted by Crippen LogP contribution is -2.40. The first-order valence-corrected chi connectivity index (χ1v) is 6.01. The lowest BCUT2D eigenvalue weighted by Gasteiger charge is -2.33. The van der Waals surface area contributed by atoms with Crippen LogP contribution in [0.25, 0.3) is 0 Å². The number of piperidine rings is 1. The van der Waals surface area contributed by atoms with E-state index >= 15 is 0 Å². The van der Waals surface area contributed by atoms with E-state index < -0.39 is 0 Å². The first-order chi connectivity index (χ1) is 7.79. The number of aromatic nitrogens is 2. The fourth-order valence-corrected chi connectivity index (χ4v) is 2.16. The molecule has 16 heavy (non-hydrogen) atoms. The lowest BCUT2D eigenvalue weighted by molar-refractivity contribution is 0.0525. The molecule has 2 rings (SSSR count). The van der Waals surface area contributed by atoms with Crippen LogP contribution in [-0.2, 0) is 4.74 Å². The van der Waals surface area contributed by atoms with Crippen LogP contribution >= 0.6 is 11.6 Å². The number of hydrogen-bond donors (Lipinski definition) is 0. The molecule has 0 spiro atoms. The molecule has 1 saturated heterocycles. The summed E-state index contributed by atoms with van der Waals surface area (Å²) >= 11 is 5.85. The van der Waals surface area contributed by atoms with Crippen LogP contribution < -0.4 is 4.90 Å². The molecule has 0 aliphatic carbocycles. The molecule has 1 aliphatic rings. The smallest absolute Gasteiger partial charge is 0.134 e. The van der Waals surface area contributed by atoms with Crippen LogP contribution in [0.3, 0.4) is 0 Å². The SMILES string of the molecule is CCOC1CCCN(c2cc(Cl)ncn2)C1. The van der Waals surface area contributed by atoms with E-state index in [9.17, 15) is 0 Å². The largest absolute Gasteiger partial charge is 0.377 e. The molecule has 0 amide bonds. The molecule has 1 aliphatic heterocycles. The van der Waals surface area contributed by atoms with Crippen LogP contribution in [0.1, 0.15) is 19.8 Å². The van der Waals surface area contributed by atoms with Gasteiger partial charge in [-0.1, -0.05) is 11.6 Å². The lowest BCUT2D eigenvalue weighted by atomic mass is 10.1. The molecular formula is C11H16ClN3O. The molecule has 0 aromatic carbocycles. The molecule has 2 heterocycles. The van der Waals surface area contributed by atoms with Gasteiger partial charge in [0.2, 0.25) is 0 Å². The third-order valence-electron chi connectivity index (χ3n) is 2.72. The molecule has 4 nitrogen and oxygen atoms in total. The van der Waals surface area contributed by atoms with Gasteiger partial charge in [0.05, 0.1) is 6.10 Å². The van der Waals surface area contributed by atoms with Crippen molar-refractivity contribution in [2.24, 2.45) is 0 Å².